The highest BCUT2D eigenvalue weighted by Gasteiger charge is 2.11. The van der Waals surface area contributed by atoms with Gasteiger partial charge in [0, 0.05) is 6.54 Å². The Kier molecular flexibility index (Phi) is 7.92. The van der Waals surface area contributed by atoms with Crippen molar-refractivity contribution in [1.29, 1.82) is 5.26 Å². The maximum Gasteiger partial charge on any atom is 0.333 e. The van der Waals surface area contributed by atoms with E-state index in [1.165, 1.54) is 10.6 Å². The first kappa shape index (κ1) is 22.1. The van der Waals surface area contributed by atoms with E-state index in [4.69, 9.17) is 10.00 Å². The van der Waals surface area contributed by atoms with E-state index in [1.807, 2.05) is 19.9 Å². The number of nitriles is 1. The highest BCUT2D eigenvalue weighted by Crippen LogP contribution is 2.03. The molecule has 1 amide bonds. The Labute approximate surface area is 172 Å². The number of benzene rings is 1. The van der Waals surface area contributed by atoms with Gasteiger partial charge in [-0.1, -0.05) is 26.0 Å². The van der Waals surface area contributed by atoms with Gasteiger partial charge >= 0.3 is 5.97 Å². The van der Waals surface area contributed by atoms with E-state index in [0.717, 1.165) is 16.9 Å². The summed E-state index contributed by atoms with van der Waals surface area (Å²) < 4.78 is 6.92. The molecule has 1 N–H and O–H groups in total. The van der Waals surface area contributed by atoms with E-state index in [9.17, 15) is 14.4 Å². The molecule has 1 heterocycles. The molecule has 0 saturated carbocycles. The first-order valence-electron chi connectivity index (χ1n) is 9.20. The molecular weight excluding hydrogens is 390 g/mol. The van der Waals surface area contributed by atoms with Crippen LogP contribution >= 0.6 is 11.3 Å². The largest absolute Gasteiger partial charge is 0.463 e. The molecule has 8 heteroatoms. The van der Waals surface area contributed by atoms with Gasteiger partial charge in [0.05, 0.1) is 28.8 Å². The molecule has 0 fully saturated rings. The van der Waals surface area contributed by atoms with Gasteiger partial charge in [0.25, 0.3) is 5.56 Å². The van der Waals surface area contributed by atoms with Crippen LogP contribution in [0.1, 0.15) is 31.9 Å². The Morgan fingerprint density at radius 2 is 2.00 bits per heavy atom. The number of ether oxygens (including phenoxy) is 1. The third kappa shape index (κ3) is 6.43. The number of thiazole rings is 1. The molecule has 152 valence electrons. The number of esters is 1. The molecule has 0 saturated heterocycles. The molecule has 0 spiro atoms. The van der Waals surface area contributed by atoms with E-state index in [1.54, 1.807) is 37.3 Å². The lowest BCUT2D eigenvalue weighted by Crippen LogP contribution is -2.39. The van der Waals surface area contributed by atoms with E-state index in [0.29, 0.717) is 21.3 Å². The number of nitrogens with zero attached hydrogens (tertiary/aromatic N) is 2. The summed E-state index contributed by atoms with van der Waals surface area (Å²) in [6, 6.07) is 8.81. The van der Waals surface area contributed by atoms with Crippen LogP contribution in [0.25, 0.3) is 12.2 Å². The Morgan fingerprint density at radius 1 is 1.31 bits per heavy atom. The van der Waals surface area contributed by atoms with Crippen LogP contribution in [0, 0.1) is 17.2 Å². The van der Waals surface area contributed by atoms with Crippen LogP contribution in [0.5, 0.6) is 0 Å². The summed E-state index contributed by atoms with van der Waals surface area (Å²) in [7, 11) is 0. The number of nitrogens with one attached hydrogen (secondary N) is 1. The van der Waals surface area contributed by atoms with Crippen LogP contribution in [0.2, 0.25) is 0 Å². The van der Waals surface area contributed by atoms with E-state index in [-0.39, 0.29) is 30.5 Å². The molecular formula is C21H23N3O4S. The zero-order chi connectivity index (χ0) is 21.4. The van der Waals surface area contributed by atoms with E-state index >= 15 is 0 Å². The van der Waals surface area contributed by atoms with Crippen molar-refractivity contribution in [2.45, 2.75) is 27.3 Å². The minimum Gasteiger partial charge on any atom is -0.463 e. The second kappa shape index (κ2) is 10.4. The standard InChI is InChI=1S/C21H23N3O4S/c1-4-28-20(26)10-19-24(13-18(25)23-12-14(2)3)21(27)17(29-19)9-15-5-7-16(11-22)8-6-15/h5-10,14H,4,12-13H2,1-3H3,(H,23,25)/b17-9+,19-10-. The van der Waals surface area contributed by atoms with Crippen LogP contribution in [-0.2, 0) is 20.9 Å². The number of hydrogen-bond donors (Lipinski definition) is 1. The van der Waals surface area contributed by atoms with Gasteiger partial charge < -0.3 is 10.1 Å². The minimum absolute atomic E-state index is 0.186. The van der Waals surface area contributed by atoms with Crippen molar-refractivity contribution in [3.05, 3.63) is 54.9 Å². The first-order valence-corrected chi connectivity index (χ1v) is 10.0. The molecule has 0 unspecified atom stereocenters. The molecule has 0 aliphatic carbocycles. The molecule has 7 nitrogen and oxygen atoms in total. The van der Waals surface area contributed by atoms with Crippen molar-refractivity contribution in [3.8, 4) is 6.07 Å². The Bertz CT molecular complexity index is 1090. The SMILES string of the molecule is CCOC(=O)/C=c1\s/c(=C/c2ccc(C#N)cc2)c(=O)n1CC(=O)NCC(C)C. The fourth-order valence-corrected chi connectivity index (χ4v) is 3.43. The second-order valence-electron chi connectivity index (χ2n) is 6.67. The minimum atomic E-state index is -0.574. The number of hydrogen-bond acceptors (Lipinski definition) is 6. The molecule has 29 heavy (non-hydrogen) atoms. The summed E-state index contributed by atoms with van der Waals surface area (Å²) in [5.74, 6) is -0.596. The van der Waals surface area contributed by atoms with Crippen LogP contribution in [0.15, 0.2) is 29.1 Å². The zero-order valence-electron chi connectivity index (χ0n) is 16.6. The number of carbonyl (C=O) groups excluding carboxylic acids is 2. The highest BCUT2D eigenvalue weighted by molar-refractivity contribution is 7.07. The predicted octanol–water partition coefficient (Wildman–Crippen LogP) is 0.726. The van der Waals surface area contributed by atoms with Crippen LogP contribution in [-0.4, -0.2) is 29.6 Å². The number of rotatable bonds is 7. The molecule has 1 aromatic carbocycles. The van der Waals surface area contributed by atoms with Gasteiger partial charge in [0.15, 0.2) is 0 Å². The summed E-state index contributed by atoms with van der Waals surface area (Å²) in [6.45, 7) is 6.16. The van der Waals surface area contributed by atoms with Crippen molar-refractivity contribution in [2.75, 3.05) is 13.2 Å². The van der Waals surface area contributed by atoms with Gasteiger partial charge in [-0.15, -0.1) is 11.3 Å². The van der Waals surface area contributed by atoms with Gasteiger partial charge in [-0.3, -0.25) is 14.2 Å². The van der Waals surface area contributed by atoms with Gasteiger partial charge in [0.2, 0.25) is 5.91 Å². The quantitative estimate of drug-likeness (QED) is 0.674. The summed E-state index contributed by atoms with van der Waals surface area (Å²) in [6.07, 6.45) is 2.89. The average molecular weight is 413 g/mol. The summed E-state index contributed by atoms with van der Waals surface area (Å²) in [5, 5.41) is 11.7. The predicted molar refractivity (Wildman–Crippen MR) is 111 cm³/mol. The van der Waals surface area contributed by atoms with Crippen molar-refractivity contribution in [3.63, 3.8) is 0 Å². The Hall–Kier alpha value is -3.18. The van der Waals surface area contributed by atoms with E-state index in [2.05, 4.69) is 5.32 Å². The van der Waals surface area contributed by atoms with Crippen molar-refractivity contribution in [2.24, 2.45) is 5.92 Å². The third-order valence-electron chi connectivity index (χ3n) is 3.81. The van der Waals surface area contributed by atoms with Crippen molar-refractivity contribution < 1.29 is 14.3 Å². The highest BCUT2D eigenvalue weighted by atomic mass is 32.1. The molecule has 0 radical (unpaired) electrons. The zero-order valence-corrected chi connectivity index (χ0v) is 17.4. The van der Waals surface area contributed by atoms with Gasteiger partial charge in [-0.25, -0.2) is 4.79 Å². The third-order valence-corrected chi connectivity index (χ3v) is 4.87. The first-order chi connectivity index (χ1) is 13.8. The normalized spacial score (nSPS) is 12.1. The topological polar surface area (TPSA) is 101 Å². The lowest BCUT2D eigenvalue weighted by molar-refractivity contribution is -0.135. The van der Waals surface area contributed by atoms with Gasteiger partial charge in [-0.2, -0.15) is 5.26 Å². The fraction of sp³-hybridized carbons (Fsp3) is 0.333. The molecule has 0 aliphatic heterocycles. The van der Waals surface area contributed by atoms with Gasteiger partial charge in [-0.05, 0) is 36.6 Å². The molecule has 1 aromatic heterocycles. The molecule has 0 atom stereocenters. The molecule has 0 aliphatic rings. The van der Waals surface area contributed by atoms with Crippen LogP contribution in [0.3, 0.4) is 0 Å². The van der Waals surface area contributed by atoms with Crippen molar-refractivity contribution >= 4 is 35.4 Å². The number of carbonyl (C=O) groups is 2. The average Bonchev–Trinajstić information content (AvgIpc) is 2.96. The Balaban J connectivity index is 2.48. The second-order valence-corrected chi connectivity index (χ2v) is 7.73. The molecule has 0 bridgehead atoms. The maximum atomic E-state index is 12.9. The molecule has 2 rings (SSSR count). The number of aromatic nitrogens is 1. The lowest BCUT2D eigenvalue weighted by atomic mass is 10.1. The maximum absolute atomic E-state index is 12.9. The monoisotopic (exact) mass is 413 g/mol. The Morgan fingerprint density at radius 3 is 2.59 bits per heavy atom. The summed E-state index contributed by atoms with van der Waals surface area (Å²) in [4.78, 5) is 37.0. The van der Waals surface area contributed by atoms with E-state index < -0.39 is 5.97 Å². The van der Waals surface area contributed by atoms with Crippen LogP contribution in [0.4, 0.5) is 0 Å². The lowest BCUT2D eigenvalue weighted by Gasteiger charge is -2.07. The summed E-state index contributed by atoms with van der Waals surface area (Å²) >= 11 is 1.10. The van der Waals surface area contributed by atoms with Crippen LogP contribution < -0.4 is 20.1 Å². The van der Waals surface area contributed by atoms with Gasteiger partial charge in [0.1, 0.15) is 11.2 Å². The smallest absolute Gasteiger partial charge is 0.333 e. The summed E-state index contributed by atoms with van der Waals surface area (Å²) in [5.41, 5.74) is 0.889. The number of amides is 1. The van der Waals surface area contributed by atoms with Crippen molar-refractivity contribution in [1.82, 2.24) is 9.88 Å². The fourth-order valence-electron chi connectivity index (χ4n) is 2.40. The molecule has 2 aromatic rings.